The van der Waals surface area contributed by atoms with Gasteiger partial charge in [-0.3, -0.25) is 4.79 Å². The number of rotatable bonds is 10. The van der Waals surface area contributed by atoms with Gasteiger partial charge in [0, 0.05) is 12.8 Å². The smallest absolute Gasteiger partial charge is 0.305 e. The van der Waals surface area contributed by atoms with Crippen LogP contribution in [0.3, 0.4) is 0 Å². The third-order valence-corrected chi connectivity index (χ3v) is 2.18. The molecule has 0 unspecified atom stereocenters. The number of esters is 1. The monoisotopic (exact) mass is 214 g/mol. The van der Waals surface area contributed by atoms with Gasteiger partial charge in [-0.25, -0.2) is 0 Å². The second-order valence-electron chi connectivity index (χ2n) is 3.69. The van der Waals surface area contributed by atoms with E-state index in [0.29, 0.717) is 19.4 Å². The first-order chi connectivity index (χ1) is 7.31. The normalized spacial score (nSPS) is 9.93. The highest BCUT2D eigenvalue weighted by atomic mass is 16.5. The Morgan fingerprint density at radius 1 is 1.13 bits per heavy atom. The molecule has 3 nitrogen and oxygen atoms in total. The SMILES string of the molecule is CCCC(=O)OCCCCCCCC=O. The van der Waals surface area contributed by atoms with Gasteiger partial charge < -0.3 is 9.53 Å². The summed E-state index contributed by atoms with van der Waals surface area (Å²) in [5.74, 6) is -0.0848. The van der Waals surface area contributed by atoms with Crippen LogP contribution in [0.4, 0.5) is 0 Å². The standard InChI is InChI=1S/C12H22O3/c1-2-9-12(14)15-11-8-6-4-3-5-7-10-13/h10H,2-9,11H2,1H3. The van der Waals surface area contributed by atoms with Crippen LogP contribution in [0.15, 0.2) is 0 Å². The van der Waals surface area contributed by atoms with E-state index in [1.807, 2.05) is 6.92 Å². The van der Waals surface area contributed by atoms with Gasteiger partial charge in [0.15, 0.2) is 0 Å². The molecule has 0 aliphatic heterocycles. The Morgan fingerprint density at radius 2 is 1.80 bits per heavy atom. The fraction of sp³-hybridized carbons (Fsp3) is 0.833. The summed E-state index contributed by atoms with van der Waals surface area (Å²) in [4.78, 5) is 21.0. The highest BCUT2D eigenvalue weighted by Crippen LogP contribution is 2.04. The van der Waals surface area contributed by atoms with Crippen LogP contribution in [0.2, 0.25) is 0 Å². The Balaban J connectivity index is 3.04. The fourth-order valence-electron chi connectivity index (χ4n) is 1.32. The highest BCUT2D eigenvalue weighted by Gasteiger charge is 1.99. The molecular formula is C12H22O3. The maximum Gasteiger partial charge on any atom is 0.305 e. The summed E-state index contributed by atoms with van der Waals surface area (Å²) in [6.45, 7) is 2.51. The molecule has 0 radical (unpaired) electrons. The van der Waals surface area contributed by atoms with Crippen molar-refractivity contribution in [2.45, 2.75) is 58.3 Å². The van der Waals surface area contributed by atoms with E-state index in [1.54, 1.807) is 0 Å². The first kappa shape index (κ1) is 14.1. The number of hydrogen-bond acceptors (Lipinski definition) is 3. The summed E-state index contributed by atoms with van der Waals surface area (Å²) in [6.07, 6.45) is 8.25. The van der Waals surface area contributed by atoms with Crippen LogP contribution in [-0.4, -0.2) is 18.9 Å². The third-order valence-electron chi connectivity index (χ3n) is 2.18. The quantitative estimate of drug-likeness (QED) is 0.319. The molecule has 0 fully saturated rings. The highest BCUT2D eigenvalue weighted by molar-refractivity contribution is 5.69. The molecule has 0 saturated heterocycles. The van der Waals surface area contributed by atoms with Gasteiger partial charge in [-0.2, -0.15) is 0 Å². The lowest BCUT2D eigenvalue weighted by molar-refractivity contribution is -0.143. The Kier molecular flexibility index (Phi) is 10.6. The summed E-state index contributed by atoms with van der Waals surface area (Å²) in [7, 11) is 0. The predicted molar refractivity (Wildman–Crippen MR) is 59.6 cm³/mol. The van der Waals surface area contributed by atoms with Crippen LogP contribution < -0.4 is 0 Å². The van der Waals surface area contributed by atoms with Gasteiger partial charge in [-0.15, -0.1) is 0 Å². The molecular weight excluding hydrogens is 192 g/mol. The maximum atomic E-state index is 11.0. The van der Waals surface area contributed by atoms with Crippen LogP contribution in [-0.2, 0) is 14.3 Å². The molecule has 0 N–H and O–H groups in total. The summed E-state index contributed by atoms with van der Waals surface area (Å²) >= 11 is 0. The van der Waals surface area contributed by atoms with Crippen LogP contribution in [0.1, 0.15) is 58.3 Å². The number of carbonyl (C=O) groups is 2. The van der Waals surface area contributed by atoms with Gasteiger partial charge in [0.1, 0.15) is 6.29 Å². The number of hydrogen-bond donors (Lipinski definition) is 0. The topological polar surface area (TPSA) is 43.4 Å². The van der Waals surface area contributed by atoms with Crippen LogP contribution in [0.5, 0.6) is 0 Å². The van der Waals surface area contributed by atoms with E-state index in [2.05, 4.69) is 0 Å². The lowest BCUT2D eigenvalue weighted by atomic mass is 10.1. The number of ether oxygens (including phenoxy) is 1. The zero-order valence-electron chi connectivity index (χ0n) is 9.67. The molecule has 0 aromatic rings. The minimum atomic E-state index is -0.0848. The molecule has 0 aromatic carbocycles. The lowest BCUT2D eigenvalue weighted by Gasteiger charge is -2.03. The van der Waals surface area contributed by atoms with Crippen LogP contribution >= 0.6 is 0 Å². The van der Waals surface area contributed by atoms with E-state index in [9.17, 15) is 9.59 Å². The molecule has 0 heterocycles. The van der Waals surface area contributed by atoms with Gasteiger partial charge in [-0.1, -0.05) is 26.2 Å². The van der Waals surface area contributed by atoms with Crippen LogP contribution in [0, 0.1) is 0 Å². The zero-order chi connectivity index (χ0) is 11.4. The third kappa shape index (κ3) is 11.1. The molecule has 0 aliphatic carbocycles. The number of aldehydes is 1. The van der Waals surface area contributed by atoms with Crippen molar-refractivity contribution in [1.29, 1.82) is 0 Å². The first-order valence-corrected chi connectivity index (χ1v) is 5.90. The summed E-state index contributed by atoms with van der Waals surface area (Å²) < 4.78 is 5.02. The Hall–Kier alpha value is -0.860. The molecule has 0 atom stereocenters. The number of carbonyl (C=O) groups excluding carboxylic acids is 2. The van der Waals surface area contributed by atoms with Gasteiger partial charge in [0.25, 0.3) is 0 Å². The van der Waals surface area contributed by atoms with E-state index < -0.39 is 0 Å². The van der Waals surface area contributed by atoms with E-state index in [0.717, 1.165) is 44.8 Å². The van der Waals surface area contributed by atoms with Crippen molar-refractivity contribution in [2.75, 3.05) is 6.61 Å². The molecule has 88 valence electrons. The van der Waals surface area contributed by atoms with E-state index in [-0.39, 0.29) is 5.97 Å². The zero-order valence-corrected chi connectivity index (χ0v) is 9.67. The molecule has 0 bridgehead atoms. The van der Waals surface area contributed by atoms with Gasteiger partial charge in [-0.05, 0) is 19.3 Å². The molecule has 3 heteroatoms. The Bertz CT molecular complexity index is 166. The van der Waals surface area contributed by atoms with Crippen molar-refractivity contribution < 1.29 is 14.3 Å². The fourth-order valence-corrected chi connectivity index (χ4v) is 1.32. The molecule has 0 aromatic heterocycles. The molecule has 0 saturated carbocycles. The molecule has 15 heavy (non-hydrogen) atoms. The van der Waals surface area contributed by atoms with Crippen LogP contribution in [0.25, 0.3) is 0 Å². The average molecular weight is 214 g/mol. The van der Waals surface area contributed by atoms with Crippen molar-refractivity contribution in [2.24, 2.45) is 0 Å². The first-order valence-electron chi connectivity index (χ1n) is 5.90. The van der Waals surface area contributed by atoms with Crippen molar-refractivity contribution >= 4 is 12.3 Å². The minimum Gasteiger partial charge on any atom is -0.466 e. The molecule has 0 spiro atoms. The van der Waals surface area contributed by atoms with Gasteiger partial charge >= 0.3 is 5.97 Å². The average Bonchev–Trinajstić information content (AvgIpc) is 2.22. The molecule has 0 amide bonds. The van der Waals surface area contributed by atoms with E-state index in [1.165, 1.54) is 0 Å². The lowest BCUT2D eigenvalue weighted by Crippen LogP contribution is -2.04. The van der Waals surface area contributed by atoms with Crippen molar-refractivity contribution in [3.8, 4) is 0 Å². The van der Waals surface area contributed by atoms with Crippen molar-refractivity contribution in [1.82, 2.24) is 0 Å². The second kappa shape index (κ2) is 11.2. The van der Waals surface area contributed by atoms with E-state index >= 15 is 0 Å². The maximum absolute atomic E-state index is 11.0. The number of unbranched alkanes of at least 4 members (excludes halogenated alkanes) is 5. The minimum absolute atomic E-state index is 0.0848. The second-order valence-corrected chi connectivity index (χ2v) is 3.69. The summed E-state index contributed by atoms with van der Waals surface area (Å²) in [6, 6.07) is 0. The predicted octanol–water partition coefficient (Wildman–Crippen LogP) is 2.87. The van der Waals surface area contributed by atoms with E-state index in [4.69, 9.17) is 4.74 Å². The summed E-state index contributed by atoms with van der Waals surface area (Å²) in [5.41, 5.74) is 0. The van der Waals surface area contributed by atoms with Gasteiger partial charge in [0.2, 0.25) is 0 Å². The van der Waals surface area contributed by atoms with Crippen molar-refractivity contribution in [3.63, 3.8) is 0 Å². The van der Waals surface area contributed by atoms with Gasteiger partial charge in [0.05, 0.1) is 6.61 Å². The molecule has 0 aliphatic rings. The van der Waals surface area contributed by atoms with Crippen molar-refractivity contribution in [3.05, 3.63) is 0 Å². The Labute approximate surface area is 92.2 Å². The Morgan fingerprint density at radius 3 is 2.47 bits per heavy atom. The molecule has 0 rings (SSSR count). The largest absolute Gasteiger partial charge is 0.466 e. The summed E-state index contributed by atoms with van der Waals surface area (Å²) in [5, 5.41) is 0.